The molecule has 2 rings (SSSR count). The maximum Gasteiger partial charge on any atom is 0.130 e. The molecule has 19 heavy (non-hydrogen) atoms. The minimum absolute atomic E-state index is 0.0216. The maximum absolute atomic E-state index is 13.8. The van der Waals surface area contributed by atoms with Crippen molar-refractivity contribution in [3.8, 4) is 0 Å². The molecule has 0 fully saturated rings. The predicted molar refractivity (Wildman–Crippen MR) is 77.3 cm³/mol. The fourth-order valence-corrected chi connectivity index (χ4v) is 2.51. The lowest BCUT2D eigenvalue weighted by atomic mass is 10.0. The van der Waals surface area contributed by atoms with Crippen molar-refractivity contribution in [2.75, 3.05) is 0 Å². The zero-order chi connectivity index (χ0) is 14.2. The highest BCUT2D eigenvalue weighted by molar-refractivity contribution is 9.10. The van der Waals surface area contributed by atoms with E-state index in [1.165, 1.54) is 24.3 Å². The summed E-state index contributed by atoms with van der Waals surface area (Å²) >= 11 is 12.1. The summed E-state index contributed by atoms with van der Waals surface area (Å²) in [6.45, 7) is 0. The van der Waals surface area contributed by atoms with Crippen LogP contribution in [-0.4, -0.2) is 5.11 Å². The molecule has 0 saturated heterocycles. The molecule has 100 valence electrons. The molecule has 0 radical (unpaired) electrons. The van der Waals surface area contributed by atoms with Gasteiger partial charge < -0.3 is 5.11 Å². The van der Waals surface area contributed by atoms with Crippen LogP contribution in [0.5, 0.6) is 0 Å². The van der Waals surface area contributed by atoms with Crippen LogP contribution in [0.2, 0.25) is 5.02 Å². The summed E-state index contributed by atoms with van der Waals surface area (Å²) in [6.07, 6.45) is -1.43. The van der Waals surface area contributed by atoms with Crippen LogP contribution in [-0.2, 0) is 0 Å². The van der Waals surface area contributed by atoms with E-state index in [1.807, 2.05) is 0 Å². The third-order valence-corrected chi connectivity index (χ3v) is 4.28. The molecule has 0 saturated carbocycles. The molecule has 0 aliphatic carbocycles. The van der Waals surface area contributed by atoms with E-state index in [2.05, 4.69) is 31.9 Å². The van der Waals surface area contributed by atoms with Crippen molar-refractivity contribution in [2.24, 2.45) is 0 Å². The summed E-state index contributed by atoms with van der Waals surface area (Å²) in [6, 6.07) is 6.50. The van der Waals surface area contributed by atoms with Crippen LogP contribution in [0.25, 0.3) is 0 Å². The fraction of sp³-hybridized carbons (Fsp3) is 0.0769. The monoisotopic (exact) mass is 410 g/mol. The lowest BCUT2D eigenvalue weighted by Crippen LogP contribution is -2.05. The number of rotatable bonds is 2. The molecule has 0 heterocycles. The topological polar surface area (TPSA) is 20.2 Å². The zero-order valence-electron chi connectivity index (χ0n) is 9.30. The summed E-state index contributed by atoms with van der Waals surface area (Å²) < 4.78 is 28.4. The zero-order valence-corrected chi connectivity index (χ0v) is 13.2. The van der Waals surface area contributed by atoms with E-state index in [0.29, 0.717) is 8.95 Å². The van der Waals surface area contributed by atoms with Gasteiger partial charge in [0, 0.05) is 20.1 Å². The Morgan fingerprint density at radius 2 is 1.63 bits per heavy atom. The SMILES string of the molecule is OC(c1cc(Br)ccc1F)c1cc(Cl)c(Br)cc1F. The summed E-state index contributed by atoms with van der Waals surface area (Å²) in [5, 5.41) is 10.4. The minimum atomic E-state index is -1.43. The highest BCUT2D eigenvalue weighted by Crippen LogP contribution is 2.33. The standard InChI is InChI=1S/C13H7Br2ClF2O/c14-6-1-2-11(17)7(3-6)13(19)8-4-10(16)9(15)5-12(8)18/h1-5,13,19H. The molecule has 1 atom stereocenters. The lowest BCUT2D eigenvalue weighted by molar-refractivity contribution is 0.209. The summed E-state index contributed by atoms with van der Waals surface area (Å²) in [5.41, 5.74) is -0.100. The van der Waals surface area contributed by atoms with Crippen molar-refractivity contribution < 1.29 is 13.9 Å². The Balaban J connectivity index is 2.52. The Morgan fingerprint density at radius 1 is 1.00 bits per heavy atom. The second-order valence-corrected chi connectivity index (χ2v) is 6.03. The van der Waals surface area contributed by atoms with Gasteiger partial charge in [-0.2, -0.15) is 0 Å². The Kier molecular flexibility index (Phi) is 4.61. The van der Waals surface area contributed by atoms with E-state index in [4.69, 9.17) is 11.6 Å². The average Bonchev–Trinajstić information content (AvgIpc) is 2.36. The van der Waals surface area contributed by atoms with Gasteiger partial charge in [0.1, 0.15) is 17.7 Å². The maximum atomic E-state index is 13.8. The van der Waals surface area contributed by atoms with E-state index >= 15 is 0 Å². The van der Waals surface area contributed by atoms with Crippen molar-refractivity contribution in [3.05, 3.63) is 67.1 Å². The molecule has 2 aromatic rings. The molecule has 1 N–H and O–H groups in total. The van der Waals surface area contributed by atoms with Crippen molar-refractivity contribution in [2.45, 2.75) is 6.10 Å². The van der Waals surface area contributed by atoms with Gasteiger partial charge in [-0.25, -0.2) is 8.78 Å². The van der Waals surface area contributed by atoms with Crippen molar-refractivity contribution in [1.29, 1.82) is 0 Å². The van der Waals surface area contributed by atoms with Crippen LogP contribution in [0.1, 0.15) is 17.2 Å². The molecule has 0 aliphatic rings. The molecule has 0 aromatic heterocycles. The lowest BCUT2D eigenvalue weighted by Gasteiger charge is -2.14. The van der Waals surface area contributed by atoms with Crippen molar-refractivity contribution in [3.63, 3.8) is 0 Å². The van der Waals surface area contributed by atoms with Gasteiger partial charge in [0.15, 0.2) is 0 Å². The van der Waals surface area contributed by atoms with E-state index in [1.54, 1.807) is 0 Å². The van der Waals surface area contributed by atoms with Gasteiger partial charge in [0.25, 0.3) is 0 Å². The molecular formula is C13H7Br2ClF2O. The first kappa shape index (κ1) is 14.9. The summed E-state index contributed by atoms with van der Waals surface area (Å²) in [5.74, 6) is -1.28. The van der Waals surface area contributed by atoms with E-state index in [-0.39, 0.29) is 16.1 Å². The number of halogens is 5. The number of hydrogen-bond donors (Lipinski definition) is 1. The van der Waals surface area contributed by atoms with Crippen LogP contribution in [0.3, 0.4) is 0 Å². The Hall–Kier alpha value is -0.490. The van der Waals surface area contributed by atoms with Crippen LogP contribution < -0.4 is 0 Å². The quantitative estimate of drug-likeness (QED) is 0.670. The highest BCUT2D eigenvalue weighted by atomic mass is 79.9. The van der Waals surface area contributed by atoms with E-state index < -0.39 is 17.7 Å². The van der Waals surface area contributed by atoms with E-state index in [9.17, 15) is 13.9 Å². The Labute approximate surface area is 130 Å². The van der Waals surface area contributed by atoms with Crippen molar-refractivity contribution in [1.82, 2.24) is 0 Å². The predicted octanol–water partition coefficient (Wildman–Crippen LogP) is 5.22. The Bertz CT molecular complexity index is 634. The Morgan fingerprint density at radius 3 is 2.32 bits per heavy atom. The molecule has 6 heteroatoms. The van der Waals surface area contributed by atoms with Crippen LogP contribution in [0.15, 0.2) is 39.3 Å². The molecular weight excluding hydrogens is 405 g/mol. The van der Waals surface area contributed by atoms with Crippen LogP contribution >= 0.6 is 43.5 Å². The largest absolute Gasteiger partial charge is 0.383 e. The van der Waals surface area contributed by atoms with Gasteiger partial charge in [0.05, 0.1) is 5.02 Å². The van der Waals surface area contributed by atoms with Gasteiger partial charge in [-0.15, -0.1) is 0 Å². The van der Waals surface area contributed by atoms with E-state index in [0.717, 1.165) is 6.07 Å². The fourth-order valence-electron chi connectivity index (χ4n) is 1.64. The molecule has 0 aliphatic heterocycles. The third kappa shape index (κ3) is 3.16. The van der Waals surface area contributed by atoms with Gasteiger partial charge in [-0.3, -0.25) is 0 Å². The summed E-state index contributed by atoms with van der Waals surface area (Å²) in [4.78, 5) is 0. The molecule has 0 spiro atoms. The number of aliphatic hydroxyl groups is 1. The smallest absolute Gasteiger partial charge is 0.130 e. The molecule has 0 bridgehead atoms. The van der Waals surface area contributed by atoms with Crippen LogP contribution in [0.4, 0.5) is 8.78 Å². The highest BCUT2D eigenvalue weighted by Gasteiger charge is 2.20. The molecule has 0 amide bonds. The van der Waals surface area contributed by atoms with Gasteiger partial charge in [-0.05, 0) is 46.3 Å². The molecule has 1 nitrogen and oxygen atoms in total. The average molecular weight is 412 g/mol. The normalized spacial score (nSPS) is 12.5. The number of benzene rings is 2. The van der Waals surface area contributed by atoms with Gasteiger partial charge >= 0.3 is 0 Å². The van der Waals surface area contributed by atoms with Gasteiger partial charge in [0.2, 0.25) is 0 Å². The van der Waals surface area contributed by atoms with Crippen LogP contribution in [0, 0.1) is 11.6 Å². The second kappa shape index (κ2) is 5.87. The first-order chi connectivity index (χ1) is 8.90. The summed E-state index contributed by atoms with van der Waals surface area (Å²) in [7, 11) is 0. The van der Waals surface area contributed by atoms with Gasteiger partial charge in [-0.1, -0.05) is 27.5 Å². The first-order valence-electron chi connectivity index (χ1n) is 5.17. The number of aliphatic hydroxyl groups excluding tert-OH is 1. The number of hydrogen-bond acceptors (Lipinski definition) is 1. The molecule has 2 aromatic carbocycles. The second-order valence-electron chi connectivity index (χ2n) is 3.86. The van der Waals surface area contributed by atoms with Crippen molar-refractivity contribution >= 4 is 43.5 Å². The minimum Gasteiger partial charge on any atom is -0.383 e. The molecule has 1 unspecified atom stereocenters. The first-order valence-corrected chi connectivity index (χ1v) is 7.14. The third-order valence-electron chi connectivity index (χ3n) is 2.59.